The van der Waals surface area contributed by atoms with E-state index in [9.17, 15) is 0 Å². The molecule has 0 unspecified atom stereocenters. The summed E-state index contributed by atoms with van der Waals surface area (Å²) in [5, 5.41) is 6.79. The number of ether oxygens (including phenoxy) is 3. The predicted molar refractivity (Wildman–Crippen MR) is 141 cm³/mol. The van der Waals surface area contributed by atoms with Crippen LogP contribution in [0.4, 0.5) is 5.69 Å². The van der Waals surface area contributed by atoms with Gasteiger partial charge in [0.2, 0.25) is 0 Å². The molecule has 0 atom stereocenters. The van der Waals surface area contributed by atoms with E-state index in [-0.39, 0.29) is 24.0 Å². The number of anilines is 1. The Kier molecular flexibility index (Phi) is 10.9. The van der Waals surface area contributed by atoms with Crippen LogP contribution in [-0.4, -0.2) is 58.9 Å². The van der Waals surface area contributed by atoms with Gasteiger partial charge >= 0.3 is 0 Å². The maximum atomic E-state index is 5.38. The molecule has 1 aliphatic heterocycles. The fourth-order valence-corrected chi connectivity index (χ4v) is 3.81. The Hall–Kier alpha value is -2.20. The van der Waals surface area contributed by atoms with Gasteiger partial charge in [-0.1, -0.05) is 12.1 Å². The highest BCUT2D eigenvalue weighted by atomic mass is 127. The highest BCUT2D eigenvalue weighted by Crippen LogP contribution is 2.29. The van der Waals surface area contributed by atoms with Gasteiger partial charge in [0.15, 0.2) is 17.5 Å². The number of nitrogens with zero attached hydrogens (tertiary/aromatic N) is 2. The lowest BCUT2D eigenvalue weighted by atomic mass is 9.96. The molecule has 0 bridgehead atoms. The Balaban J connectivity index is 0.00000363. The van der Waals surface area contributed by atoms with Crippen LogP contribution >= 0.6 is 24.0 Å². The highest BCUT2D eigenvalue weighted by Gasteiger charge is 2.19. The maximum Gasteiger partial charge on any atom is 0.195 e. The van der Waals surface area contributed by atoms with Crippen LogP contribution < -0.4 is 24.8 Å². The molecule has 8 heteroatoms. The summed E-state index contributed by atoms with van der Waals surface area (Å²) in [6.07, 6.45) is 2.35. The summed E-state index contributed by atoms with van der Waals surface area (Å²) in [6, 6.07) is 14.1. The molecular weight excluding hydrogens is 519 g/mol. The zero-order valence-electron chi connectivity index (χ0n) is 19.4. The molecule has 0 amide bonds. The Morgan fingerprint density at radius 3 is 2.25 bits per heavy atom. The van der Waals surface area contributed by atoms with Crippen molar-refractivity contribution in [1.82, 2.24) is 10.2 Å². The van der Waals surface area contributed by atoms with E-state index in [1.54, 1.807) is 28.4 Å². The van der Waals surface area contributed by atoms with E-state index in [0.717, 1.165) is 43.6 Å². The molecular formula is C24H35IN4O3. The second-order valence-electron chi connectivity index (χ2n) is 7.72. The Bertz CT molecular complexity index is 853. The number of aliphatic imine (C=N–C) groups is 1. The number of nitrogens with one attached hydrogen (secondary N) is 2. The van der Waals surface area contributed by atoms with Crippen molar-refractivity contribution in [1.29, 1.82) is 0 Å². The number of likely N-dealkylation sites (tertiary alicyclic amines) is 1. The van der Waals surface area contributed by atoms with Crippen molar-refractivity contribution in [2.24, 2.45) is 10.9 Å². The highest BCUT2D eigenvalue weighted by molar-refractivity contribution is 14.0. The molecule has 1 fully saturated rings. The van der Waals surface area contributed by atoms with Gasteiger partial charge in [-0.15, -0.1) is 24.0 Å². The summed E-state index contributed by atoms with van der Waals surface area (Å²) in [7, 11) is 6.75. The van der Waals surface area contributed by atoms with Crippen molar-refractivity contribution in [2.75, 3.05) is 53.3 Å². The number of guanidine groups is 1. The molecule has 7 nitrogen and oxygen atoms in total. The lowest BCUT2D eigenvalue weighted by Crippen LogP contribution is -2.40. The van der Waals surface area contributed by atoms with Crippen molar-refractivity contribution in [3.63, 3.8) is 0 Å². The first-order chi connectivity index (χ1) is 15.1. The second kappa shape index (κ2) is 13.4. The Morgan fingerprint density at radius 1 is 0.969 bits per heavy atom. The predicted octanol–water partition coefficient (Wildman–Crippen LogP) is 4.23. The Labute approximate surface area is 208 Å². The Morgan fingerprint density at radius 2 is 1.66 bits per heavy atom. The first kappa shape index (κ1) is 26.1. The van der Waals surface area contributed by atoms with Gasteiger partial charge in [-0.2, -0.15) is 0 Å². The van der Waals surface area contributed by atoms with Crippen molar-refractivity contribution < 1.29 is 14.2 Å². The second-order valence-corrected chi connectivity index (χ2v) is 7.72. The average Bonchev–Trinajstić information content (AvgIpc) is 2.83. The molecule has 0 radical (unpaired) electrons. The monoisotopic (exact) mass is 554 g/mol. The molecule has 32 heavy (non-hydrogen) atoms. The first-order valence-corrected chi connectivity index (χ1v) is 10.7. The van der Waals surface area contributed by atoms with E-state index < -0.39 is 0 Å². The summed E-state index contributed by atoms with van der Waals surface area (Å²) in [5.41, 5.74) is 2.23. The van der Waals surface area contributed by atoms with Gasteiger partial charge in [-0.3, -0.25) is 9.89 Å². The van der Waals surface area contributed by atoms with Gasteiger partial charge in [0.1, 0.15) is 5.75 Å². The van der Waals surface area contributed by atoms with Gasteiger partial charge in [-0.05, 0) is 61.7 Å². The fraction of sp³-hybridized carbons (Fsp3) is 0.458. The molecule has 176 valence electrons. The molecule has 3 rings (SSSR count). The van der Waals surface area contributed by atoms with E-state index in [2.05, 4.69) is 32.7 Å². The van der Waals surface area contributed by atoms with Crippen LogP contribution in [0.15, 0.2) is 47.5 Å². The van der Waals surface area contributed by atoms with Crippen LogP contribution in [-0.2, 0) is 6.54 Å². The summed E-state index contributed by atoms with van der Waals surface area (Å²) >= 11 is 0. The lowest BCUT2D eigenvalue weighted by molar-refractivity contribution is 0.178. The van der Waals surface area contributed by atoms with Crippen LogP contribution in [0.3, 0.4) is 0 Å². The minimum absolute atomic E-state index is 0. The number of piperidine rings is 1. The number of halogens is 1. The minimum Gasteiger partial charge on any atom is -0.497 e. The zero-order chi connectivity index (χ0) is 22.1. The van der Waals surface area contributed by atoms with Crippen LogP contribution in [0.5, 0.6) is 17.2 Å². The molecule has 1 aliphatic rings. The maximum absolute atomic E-state index is 5.38. The standard InChI is InChI=1S/C24H34N4O3.HI/c1-25-24(27-20-7-10-22(30-3)23(15-20)31-4)26-16-18-11-13-28(14-12-18)17-19-5-8-21(29-2)9-6-19;/h5-10,15,18H,11-14,16-17H2,1-4H3,(H2,25,26,27);1H. The third-order valence-electron chi connectivity index (χ3n) is 5.70. The molecule has 2 N–H and O–H groups in total. The number of methoxy groups -OCH3 is 3. The van der Waals surface area contributed by atoms with Crippen molar-refractivity contribution in [3.8, 4) is 17.2 Å². The summed E-state index contributed by atoms with van der Waals surface area (Å²) in [4.78, 5) is 6.88. The number of hydrogen-bond donors (Lipinski definition) is 2. The van der Waals surface area contributed by atoms with Crippen LogP contribution in [0, 0.1) is 5.92 Å². The van der Waals surface area contributed by atoms with E-state index in [0.29, 0.717) is 17.4 Å². The van der Waals surface area contributed by atoms with Gasteiger partial charge in [0, 0.05) is 31.9 Å². The zero-order valence-corrected chi connectivity index (χ0v) is 21.7. The molecule has 1 saturated heterocycles. The molecule has 0 aliphatic carbocycles. The van der Waals surface area contributed by atoms with E-state index in [1.165, 1.54) is 18.4 Å². The van der Waals surface area contributed by atoms with Crippen molar-refractivity contribution in [3.05, 3.63) is 48.0 Å². The van der Waals surface area contributed by atoms with Crippen molar-refractivity contribution in [2.45, 2.75) is 19.4 Å². The fourth-order valence-electron chi connectivity index (χ4n) is 3.81. The molecule has 0 aromatic heterocycles. The van der Waals surface area contributed by atoms with Crippen LogP contribution in [0.1, 0.15) is 18.4 Å². The van der Waals surface area contributed by atoms with Crippen molar-refractivity contribution >= 4 is 35.6 Å². The lowest BCUT2D eigenvalue weighted by Gasteiger charge is -2.32. The van der Waals surface area contributed by atoms with Gasteiger partial charge in [0.25, 0.3) is 0 Å². The van der Waals surface area contributed by atoms with Gasteiger partial charge in [0.05, 0.1) is 21.3 Å². The summed E-state index contributed by atoms with van der Waals surface area (Å²) in [6.45, 7) is 4.12. The van der Waals surface area contributed by atoms with Crippen LogP contribution in [0.2, 0.25) is 0 Å². The van der Waals surface area contributed by atoms with Gasteiger partial charge < -0.3 is 24.8 Å². The van der Waals surface area contributed by atoms with E-state index in [1.807, 2.05) is 30.3 Å². The molecule has 0 saturated carbocycles. The molecule has 2 aromatic carbocycles. The summed E-state index contributed by atoms with van der Waals surface area (Å²) in [5.74, 6) is 3.69. The van der Waals surface area contributed by atoms with Crippen LogP contribution in [0.25, 0.3) is 0 Å². The van der Waals surface area contributed by atoms with E-state index >= 15 is 0 Å². The third-order valence-corrected chi connectivity index (χ3v) is 5.70. The normalized spacial score (nSPS) is 14.9. The molecule has 2 aromatic rings. The minimum atomic E-state index is 0. The SMILES string of the molecule is CN=C(NCC1CCN(Cc2ccc(OC)cc2)CC1)Nc1ccc(OC)c(OC)c1.I. The topological polar surface area (TPSA) is 67.4 Å². The smallest absolute Gasteiger partial charge is 0.195 e. The number of rotatable bonds is 8. The third kappa shape index (κ3) is 7.44. The number of hydrogen-bond acceptors (Lipinski definition) is 5. The largest absolute Gasteiger partial charge is 0.497 e. The quantitative estimate of drug-likeness (QED) is 0.289. The average molecular weight is 554 g/mol. The summed E-state index contributed by atoms with van der Waals surface area (Å²) < 4.78 is 15.9. The molecule has 0 spiro atoms. The van der Waals surface area contributed by atoms with Gasteiger partial charge in [-0.25, -0.2) is 0 Å². The number of benzene rings is 2. The molecule has 1 heterocycles. The first-order valence-electron chi connectivity index (χ1n) is 10.7. The van der Waals surface area contributed by atoms with E-state index in [4.69, 9.17) is 14.2 Å².